The van der Waals surface area contributed by atoms with Gasteiger partial charge >= 0.3 is 11.8 Å². The van der Waals surface area contributed by atoms with Gasteiger partial charge in [0, 0.05) is 19.3 Å². The Bertz CT molecular complexity index is 502. The summed E-state index contributed by atoms with van der Waals surface area (Å²) in [5.74, 6) is -1.07. The third-order valence-electron chi connectivity index (χ3n) is 2.58. The van der Waals surface area contributed by atoms with Gasteiger partial charge in [0.25, 0.3) is 0 Å². The van der Waals surface area contributed by atoms with Gasteiger partial charge in [-0.15, -0.1) is 0 Å². The predicted molar refractivity (Wildman–Crippen MR) is 63.5 cm³/mol. The van der Waals surface area contributed by atoms with E-state index in [1.165, 1.54) is 12.3 Å². The van der Waals surface area contributed by atoms with Crippen LogP contribution in [-0.2, 0) is 9.53 Å². The molecular formula is C13H12F2N2O2. The van der Waals surface area contributed by atoms with Crippen LogP contribution in [-0.4, -0.2) is 48.0 Å². The highest BCUT2D eigenvalue weighted by molar-refractivity contribution is 5.87. The number of hydrogen-bond acceptors (Lipinski definition) is 3. The summed E-state index contributed by atoms with van der Waals surface area (Å²) < 4.78 is 32.3. The molecule has 0 aliphatic carbocycles. The van der Waals surface area contributed by atoms with Gasteiger partial charge < -0.3 is 9.64 Å². The van der Waals surface area contributed by atoms with E-state index in [1.807, 2.05) is 0 Å². The average molecular weight is 266 g/mol. The molecule has 0 bridgehead atoms. The number of carbonyl (C=O) groups excluding carboxylic acids is 1. The fraction of sp³-hybridized carbons (Fsp3) is 0.385. The highest BCUT2D eigenvalue weighted by atomic mass is 19.3. The number of amides is 1. The molecule has 100 valence electrons. The molecule has 0 unspecified atom stereocenters. The molecule has 0 saturated carbocycles. The summed E-state index contributed by atoms with van der Waals surface area (Å²) >= 11 is 0. The number of halogens is 2. The summed E-state index contributed by atoms with van der Waals surface area (Å²) in [5.41, 5.74) is 0.206. The molecular weight excluding hydrogens is 254 g/mol. The van der Waals surface area contributed by atoms with Crippen molar-refractivity contribution in [2.45, 2.75) is 5.92 Å². The first-order valence-electron chi connectivity index (χ1n) is 5.79. The van der Waals surface area contributed by atoms with Gasteiger partial charge in [-0.3, -0.25) is 4.79 Å². The molecule has 2 rings (SSSR count). The zero-order valence-electron chi connectivity index (χ0n) is 10.1. The molecule has 0 radical (unpaired) electrons. The third-order valence-corrected chi connectivity index (χ3v) is 2.58. The molecule has 0 spiro atoms. The minimum Gasteiger partial charge on any atom is -0.378 e. The van der Waals surface area contributed by atoms with Crippen LogP contribution in [0.15, 0.2) is 24.4 Å². The molecule has 1 amide bonds. The molecule has 1 fully saturated rings. The maximum atomic E-state index is 13.7. The first-order valence-corrected chi connectivity index (χ1v) is 5.79. The summed E-state index contributed by atoms with van der Waals surface area (Å²) in [7, 11) is 0. The molecule has 4 nitrogen and oxygen atoms in total. The Kier molecular flexibility index (Phi) is 4.07. The fourth-order valence-electron chi connectivity index (χ4n) is 1.60. The first-order chi connectivity index (χ1) is 9.09. The SMILES string of the molecule is O=C(N1CCOCC1)C(F)(F)C#Cc1ccccn1. The van der Waals surface area contributed by atoms with Gasteiger partial charge in [0.2, 0.25) is 0 Å². The van der Waals surface area contributed by atoms with Crippen molar-refractivity contribution in [3.05, 3.63) is 30.1 Å². The molecule has 1 aromatic heterocycles. The number of pyridine rings is 1. The molecule has 6 heteroatoms. The largest absolute Gasteiger partial charge is 0.385 e. The smallest absolute Gasteiger partial charge is 0.378 e. The Balaban J connectivity index is 2.09. The van der Waals surface area contributed by atoms with E-state index in [0.717, 1.165) is 4.90 Å². The maximum absolute atomic E-state index is 13.7. The minimum atomic E-state index is -3.70. The van der Waals surface area contributed by atoms with Crippen molar-refractivity contribution in [2.24, 2.45) is 0 Å². The quantitative estimate of drug-likeness (QED) is 0.710. The van der Waals surface area contributed by atoms with Crippen molar-refractivity contribution >= 4 is 5.91 Å². The maximum Gasteiger partial charge on any atom is 0.385 e. The summed E-state index contributed by atoms with van der Waals surface area (Å²) in [5, 5.41) is 0. The fourth-order valence-corrected chi connectivity index (χ4v) is 1.60. The molecule has 2 heterocycles. The predicted octanol–water partition coefficient (Wildman–Crippen LogP) is 0.927. The lowest BCUT2D eigenvalue weighted by molar-refractivity contribution is -0.153. The highest BCUT2D eigenvalue weighted by Crippen LogP contribution is 2.17. The van der Waals surface area contributed by atoms with Crippen LogP contribution in [0.2, 0.25) is 0 Å². The molecule has 1 saturated heterocycles. The summed E-state index contributed by atoms with van der Waals surface area (Å²) in [6.45, 7) is 0.879. The molecule has 1 aliphatic heterocycles. The Morgan fingerprint density at radius 3 is 2.74 bits per heavy atom. The number of ether oxygens (including phenoxy) is 1. The second-order valence-corrected chi connectivity index (χ2v) is 3.94. The van der Waals surface area contributed by atoms with E-state index in [9.17, 15) is 13.6 Å². The Labute approximate surface area is 109 Å². The van der Waals surface area contributed by atoms with E-state index in [4.69, 9.17) is 4.74 Å². The monoisotopic (exact) mass is 266 g/mol. The van der Waals surface area contributed by atoms with E-state index in [2.05, 4.69) is 10.9 Å². The highest BCUT2D eigenvalue weighted by Gasteiger charge is 2.40. The lowest BCUT2D eigenvalue weighted by Gasteiger charge is -2.28. The van der Waals surface area contributed by atoms with Crippen LogP contribution in [0.3, 0.4) is 0 Å². The molecule has 1 aromatic rings. The van der Waals surface area contributed by atoms with Crippen molar-refractivity contribution in [3.63, 3.8) is 0 Å². The number of carbonyl (C=O) groups is 1. The molecule has 1 aliphatic rings. The van der Waals surface area contributed by atoms with Gasteiger partial charge in [-0.2, -0.15) is 8.78 Å². The molecule has 0 atom stereocenters. The second-order valence-electron chi connectivity index (χ2n) is 3.94. The van der Waals surface area contributed by atoms with Crippen molar-refractivity contribution in [1.29, 1.82) is 0 Å². The van der Waals surface area contributed by atoms with Gasteiger partial charge in [-0.25, -0.2) is 4.98 Å². The van der Waals surface area contributed by atoms with Gasteiger partial charge in [0.15, 0.2) is 0 Å². The minimum absolute atomic E-state index is 0.166. The summed E-state index contributed by atoms with van der Waals surface area (Å²) in [6.07, 6.45) is 1.45. The Morgan fingerprint density at radius 1 is 1.37 bits per heavy atom. The van der Waals surface area contributed by atoms with Crippen LogP contribution < -0.4 is 0 Å². The van der Waals surface area contributed by atoms with Crippen molar-refractivity contribution in [3.8, 4) is 11.8 Å². The van der Waals surface area contributed by atoms with E-state index >= 15 is 0 Å². The van der Waals surface area contributed by atoms with Crippen LogP contribution in [0.1, 0.15) is 5.69 Å². The van der Waals surface area contributed by atoms with Crippen LogP contribution >= 0.6 is 0 Å². The second kappa shape index (κ2) is 5.76. The topological polar surface area (TPSA) is 42.4 Å². The van der Waals surface area contributed by atoms with Gasteiger partial charge in [0.05, 0.1) is 13.2 Å². The molecule has 0 N–H and O–H groups in total. The standard InChI is InChI=1S/C13H12F2N2O2/c14-13(15,5-4-11-3-1-2-6-16-11)12(18)17-7-9-19-10-8-17/h1-3,6H,7-10H2. The van der Waals surface area contributed by atoms with Crippen molar-refractivity contribution in [2.75, 3.05) is 26.3 Å². The third kappa shape index (κ3) is 3.48. The Morgan fingerprint density at radius 2 is 2.11 bits per heavy atom. The van der Waals surface area contributed by atoms with E-state index in [0.29, 0.717) is 0 Å². The number of rotatable bonds is 1. The number of alkyl halides is 2. The summed E-state index contributed by atoms with van der Waals surface area (Å²) in [4.78, 5) is 16.5. The van der Waals surface area contributed by atoms with Crippen molar-refractivity contribution < 1.29 is 18.3 Å². The zero-order chi connectivity index (χ0) is 13.7. The average Bonchev–Trinajstić information content (AvgIpc) is 2.46. The number of hydrogen-bond donors (Lipinski definition) is 0. The van der Waals surface area contributed by atoms with E-state index < -0.39 is 11.8 Å². The first kappa shape index (κ1) is 13.4. The van der Waals surface area contributed by atoms with Gasteiger partial charge in [0.1, 0.15) is 5.69 Å². The van der Waals surface area contributed by atoms with Crippen LogP contribution in [0, 0.1) is 11.8 Å². The lowest BCUT2D eigenvalue weighted by atomic mass is 10.2. The molecule has 0 aromatic carbocycles. The van der Waals surface area contributed by atoms with Crippen LogP contribution in [0.25, 0.3) is 0 Å². The van der Waals surface area contributed by atoms with E-state index in [1.54, 1.807) is 18.1 Å². The van der Waals surface area contributed by atoms with Crippen LogP contribution in [0.4, 0.5) is 8.78 Å². The summed E-state index contributed by atoms with van der Waals surface area (Å²) in [6, 6.07) is 4.80. The molecule has 19 heavy (non-hydrogen) atoms. The normalized spacial score (nSPS) is 15.6. The number of nitrogens with zero attached hydrogens (tertiary/aromatic N) is 2. The number of morpholine rings is 1. The Hall–Kier alpha value is -2.00. The number of aromatic nitrogens is 1. The van der Waals surface area contributed by atoms with Crippen molar-refractivity contribution in [1.82, 2.24) is 9.88 Å². The van der Waals surface area contributed by atoms with E-state index in [-0.39, 0.29) is 32.0 Å². The van der Waals surface area contributed by atoms with Crippen LogP contribution in [0.5, 0.6) is 0 Å². The van der Waals surface area contributed by atoms with Gasteiger partial charge in [-0.05, 0) is 24.0 Å². The van der Waals surface area contributed by atoms with Gasteiger partial charge in [-0.1, -0.05) is 6.07 Å². The lowest BCUT2D eigenvalue weighted by Crippen LogP contribution is -2.48. The zero-order valence-corrected chi connectivity index (χ0v) is 10.1.